The molecule has 0 unspecified atom stereocenters. The number of anilines is 1. The van der Waals surface area contributed by atoms with Gasteiger partial charge in [-0.15, -0.1) is 0 Å². The maximum Gasteiger partial charge on any atom is 0.359 e. The van der Waals surface area contributed by atoms with E-state index in [0.717, 1.165) is 12.0 Å². The van der Waals surface area contributed by atoms with Gasteiger partial charge >= 0.3 is 5.97 Å². The summed E-state index contributed by atoms with van der Waals surface area (Å²) in [6.45, 7) is 10.3. The zero-order valence-electron chi connectivity index (χ0n) is 11.9. The largest absolute Gasteiger partial charge is 0.461 e. The molecule has 2 N–H and O–H groups in total. The number of nitrogen functional groups attached to an aromatic ring is 1. The van der Waals surface area contributed by atoms with Gasteiger partial charge in [0.15, 0.2) is 5.69 Å². The Labute approximate surface area is 108 Å². The van der Waals surface area contributed by atoms with Crippen LogP contribution in [0.3, 0.4) is 0 Å². The summed E-state index contributed by atoms with van der Waals surface area (Å²) < 4.78 is 6.71. The predicted molar refractivity (Wildman–Crippen MR) is 71.5 cm³/mol. The van der Waals surface area contributed by atoms with Crippen molar-refractivity contribution in [2.24, 2.45) is 5.92 Å². The van der Waals surface area contributed by atoms with Crippen LogP contribution in [-0.4, -0.2) is 22.4 Å². The van der Waals surface area contributed by atoms with Crippen LogP contribution in [-0.2, 0) is 11.2 Å². The summed E-state index contributed by atoms with van der Waals surface area (Å²) in [4.78, 5) is 11.9. The van der Waals surface area contributed by atoms with Crippen molar-refractivity contribution in [1.82, 2.24) is 9.78 Å². The summed E-state index contributed by atoms with van der Waals surface area (Å²) in [6.07, 6.45) is 0.729. The van der Waals surface area contributed by atoms with E-state index >= 15 is 0 Å². The van der Waals surface area contributed by atoms with Gasteiger partial charge in [-0.25, -0.2) is 9.48 Å². The van der Waals surface area contributed by atoms with E-state index in [4.69, 9.17) is 10.5 Å². The molecule has 0 saturated carbocycles. The van der Waals surface area contributed by atoms with Crippen molar-refractivity contribution in [1.29, 1.82) is 0 Å². The lowest BCUT2D eigenvalue weighted by Crippen LogP contribution is -2.10. The summed E-state index contributed by atoms with van der Waals surface area (Å²) in [5, 5.41) is 4.30. The Kier molecular flexibility index (Phi) is 4.76. The molecule has 1 aromatic heterocycles. The van der Waals surface area contributed by atoms with Gasteiger partial charge in [0.1, 0.15) is 5.82 Å². The first-order valence-corrected chi connectivity index (χ1v) is 6.42. The Hall–Kier alpha value is -1.52. The van der Waals surface area contributed by atoms with Gasteiger partial charge in [0.05, 0.1) is 6.61 Å². The minimum Gasteiger partial charge on any atom is -0.461 e. The summed E-state index contributed by atoms with van der Waals surface area (Å²) in [5.41, 5.74) is 7.24. The molecule has 0 atom stereocenters. The Balaban J connectivity index is 3.21. The monoisotopic (exact) mass is 253 g/mol. The number of hydrogen-bond acceptors (Lipinski definition) is 4. The van der Waals surface area contributed by atoms with Crippen LogP contribution in [0.2, 0.25) is 0 Å². The maximum atomic E-state index is 11.9. The number of nitrogens with zero attached hydrogens (tertiary/aromatic N) is 2. The lowest BCUT2D eigenvalue weighted by atomic mass is 10.0. The average Bonchev–Trinajstić information content (AvgIpc) is 2.56. The van der Waals surface area contributed by atoms with Crippen molar-refractivity contribution >= 4 is 11.8 Å². The van der Waals surface area contributed by atoms with Gasteiger partial charge in [-0.2, -0.15) is 5.10 Å². The second-order valence-electron chi connectivity index (χ2n) is 5.07. The molecule has 0 spiro atoms. The quantitative estimate of drug-likeness (QED) is 0.818. The fourth-order valence-electron chi connectivity index (χ4n) is 1.85. The first kappa shape index (κ1) is 14.5. The van der Waals surface area contributed by atoms with Gasteiger partial charge in [0, 0.05) is 11.6 Å². The van der Waals surface area contributed by atoms with E-state index in [-0.39, 0.29) is 12.0 Å². The molecule has 0 aliphatic heterocycles. The van der Waals surface area contributed by atoms with Gasteiger partial charge < -0.3 is 10.5 Å². The average molecular weight is 253 g/mol. The van der Waals surface area contributed by atoms with Crippen LogP contribution in [0.1, 0.15) is 56.7 Å². The molecule has 102 valence electrons. The number of rotatable bonds is 5. The summed E-state index contributed by atoms with van der Waals surface area (Å²) >= 11 is 0. The van der Waals surface area contributed by atoms with E-state index < -0.39 is 0 Å². The molecule has 0 aliphatic carbocycles. The Morgan fingerprint density at radius 2 is 2.00 bits per heavy atom. The van der Waals surface area contributed by atoms with Gasteiger partial charge in [0.25, 0.3) is 0 Å². The highest BCUT2D eigenvalue weighted by Gasteiger charge is 2.23. The van der Waals surface area contributed by atoms with Crippen LogP contribution < -0.4 is 5.73 Å². The normalized spacial score (nSPS) is 11.3. The molecule has 18 heavy (non-hydrogen) atoms. The molecule has 1 heterocycles. The summed E-state index contributed by atoms with van der Waals surface area (Å²) in [5.74, 6) is 0.589. The molecule has 1 rings (SSSR count). The maximum absolute atomic E-state index is 11.9. The molecule has 5 heteroatoms. The van der Waals surface area contributed by atoms with Crippen molar-refractivity contribution < 1.29 is 9.53 Å². The number of ether oxygens (including phenoxy) is 1. The molecule has 1 aromatic rings. The second-order valence-corrected chi connectivity index (χ2v) is 5.07. The van der Waals surface area contributed by atoms with Crippen molar-refractivity contribution in [2.75, 3.05) is 12.3 Å². The standard InChI is InChI=1S/C13H23N3O2/c1-6-18-13(17)11-10(7-8(2)3)12(14)16(15-11)9(4)5/h8-9H,6-7,14H2,1-5H3. The summed E-state index contributed by atoms with van der Waals surface area (Å²) in [7, 11) is 0. The first-order chi connectivity index (χ1) is 8.38. The molecule has 0 fully saturated rings. The van der Waals surface area contributed by atoms with Gasteiger partial charge in [-0.3, -0.25) is 0 Å². The van der Waals surface area contributed by atoms with Gasteiger partial charge in [-0.05, 0) is 33.1 Å². The van der Waals surface area contributed by atoms with Crippen LogP contribution in [0.25, 0.3) is 0 Å². The van der Waals surface area contributed by atoms with Crippen molar-refractivity contribution in [3.63, 3.8) is 0 Å². The highest BCUT2D eigenvalue weighted by Crippen LogP contribution is 2.24. The molecule has 0 aromatic carbocycles. The number of carbonyl (C=O) groups is 1. The number of nitrogens with two attached hydrogens (primary N) is 1. The third-order valence-corrected chi connectivity index (χ3v) is 2.62. The molecule has 0 saturated heterocycles. The van der Waals surface area contributed by atoms with Gasteiger partial charge in [-0.1, -0.05) is 13.8 Å². The highest BCUT2D eigenvalue weighted by molar-refractivity contribution is 5.90. The van der Waals surface area contributed by atoms with E-state index in [0.29, 0.717) is 24.0 Å². The molecular weight excluding hydrogens is 230 g/mol. The van der Waals surface area contributed by atoms with Crippen molar-refractivity contribution in [2.45, 2.75) is 47.1 Å². The SMILES string of the molecule is CCOC(=O)c1nn(C(C)C)c(N)c1CC(C)C. The van der Waals surface area contributed by atoms with E-state index in [1.54, 1.807) is 11.6 Å². The fraction of sp³-hybridized carbons (Fsp3) is 0.692. The Morgan fingerprint density at radius 3 is 2.44 bits per heavy atom. The second kappa shape index (κ2) is 5.89. The van der Waals surface area contributed by atoms with Crippen LogP contribution in [0.4, 0.5) is 5.82 Å². The van der Waals surface area contributed by atoms with E-state index in [9.17, 15) is 4.79 Å². The minimum absolute atomic E-state index is 0.124. The Bertz CT molecular complexity index is 422. The number of esters is 1. The lowest BCUT2D eigenvalue weighted by molar-refractivity contribution is 0.0517. The lowest BCUT2D eigenvalue weighted by Gasteiger charge is -2.09. The molecule has 5 nitrogen and oxygen atoms in total. The van der Waals surface area contributed by atoms with Crippen LogP contribution in [0.5, 0.6) is 0 Å². The van der Waals surface area contributed by atoms with Crippen LogP contribution in [0, 0.1) is 5.92 Å². The highest BCUT2D eigenvalue weighted by atomic mass is 16.5. The zero-order chi connectivity index (χ0) is 13.9. The molecule has 0 bridgehead atoms. The topological polar surface area (TPSA) is 70.1 Å². The number of carbonyl (C=O) groups excluding carboxylic acids is 1. The molecule has 0 radical (unpaired) electrons. The van der Waals surface area contributed by atoms with E-state index in [1.807, 2.05) is 13.8 Å². The zero-order valence-corrected chi connectivity index (χ0v) is 11.9. The molecule has 0 amide bonds. The predicted octanol–water partition coefficient (Wildman–Crippen LogP) is 2.42. The summed E-state index contributed by atoms with van der Waals surface area (Å²) in [6, 6.07) is 0.124. The number of aromatic nitrogens is 2. The third-order valence-electron chi connectivity index (χ3n) is 2.62. The van der Waals surface area contributed by atoms with Crippen LogP contribution >= 0.6 is 0 Å². The third kappa shape index (κ3) is 3.03. The minimum atomic E-state index is -0.390. The van der Waals surface area contributed by atoms with Crippen LogP contribution in [0.15, 0.2) is 0 Å². The molecular formula is C13H23N3O2. The Morgan fingerprint density at radius 1 is 1.39 bits per heavy atom. The smallest absolute Gasteiger partial charge is 0.359 e. The van der Waals surface area contributed by atoms with Gasteiger partial charge in [0.2, 0.25) is 0 Å². The van der Waals surface area contributed by atoms with Crippen molar-refractivity contribution in [3.8, 4) is 0 Å². The molecule has 0 aliphatic rings. The van der Waals surface area contributed by atoms with E-state index in [2.05, 4.69) is 18.9 Å². The number of hydrogen-bond donors (Lipinski definition) is 1. The van der Waals surface area contributed by atoms with Crippen molar-refractivity contribution in [3.05, 3.63) is 11.3 Å². The first-order valence-electron chi connectivity index (χ1n) is 6.42. The fourth-order valence-corrected chi connectivity index (χ4v) is 1.85. The van der Waals surface area contributed by atoms with E-state index in [1.165, 1.54) is 0 Å².